The number of aromatic amines is 1. The summed E-state index contributed by atoms with van der Waals surface area (Å²) < 4.78 is 26.2. The first-order valence-corrected chi connectivity index (χ1v) is 5.95. The van der Waals surface area contributed by atoms with Gasteiger partial charge in [-0.2, -0.15) is 0 Å². The van der Waals surface area contributed by atoms with Crippen molar-refractivity contribution in [1.29, 1.82) is 0 Å². The van der Waals surface area contributed by atoms with Gasteiger partial charge in [0, 0.05) is 25.2 Å². The van der Waals surface area contributed by atoms with Gasteiger partial charge in [0.2, 0.25) is 5.91 Å². The minimum Gasteiger partial charge on any atom is -0.340 e. The molecule has 0 radical (unpaired) electrons. The van der Waals surface area contributed by atoms with Gasteiger partial charge in [0.25, 0.3) is 0 Å². The maximum absolute atomic E-state index is 13.1. The van der Waals surface area contributed by atoms with E-state index in [4.69, 9.17) is 0 Å². The Labute approximate surface area is 107 Å². The molecule has 19 heavy (non-hydrogen) atoms. The van der Waals surface area contributed by atoms with Gasteiger partial charge in [-0.15, -0.1) is 0 Å². The number of carbonyl (C=O) groups is 1. The molecule has 1 aliphatic rings. The second-order valence-corrected chi connectivity index (χ2v) is 4.46. The predicted molar refractivity (Wildman–Crippen MR) is 64.3 cm³/mol. The number of hydrogen-bond acceptors (Lipinski definition) is 3. The second kappa shape index (κ2) is 4.58. The van der Waals surface area contributed by atoms with E-state index >= 15 is 0 Å². The van der Waals surface area contributed by atoms with Gasteiger partial charge >= 0.3 is 0 Å². The molecule has 2 heterocycles. The van der Waals surface area contributed by atoms with E-state index in [1.165, 1.54) is 0 Å². The van der Waals surface area contributed by atoms with Crippen LogP contribution in [0.4, 0.5) is 8.78 Å². The van der Waals surface area contributed by atoms with Crippen LogP contribution in [-0.2, 0) is 11.3 Å². The Bertz CT molecular complexity index is 601. The summed E-state index contributed by atoms with van der Waals surface area (Å²) in [6, 6.07) is 2.12. The lowest BCUT2D eigenvalue weighted by molar-refractivity contribution is -0.132. The van der Waals surface area contributed by atoms with Gasteiger partial charge in [-0.25, -0.2) is 13.8 Å². The van der Waals surface area contributed by atoms with Crippen molar-refractivity contribution in [1.82, 2.24) is 20.2 Å². The quantitative estimate of drug-likeness (QED) is 0.844. The molecule has 0 aliphatic carbocycles. The van der Waals surface area contributed by atoms with Crippen LogP contribution in [0, 0.1) is 11.6 Å². The van der Waals surface area contributed by atoms with Gasteiger partial charge in [-0.05, 0) is 0 Å². The average Bonchev–Trinajstić information content (AvgIpc) is 2.74. The number of piperazine rings is 1. The van der Waals surface area contributed by atoms with Crippen molar-refractivity contribution in [3.8, 4) is 0 Å². The molecule has 0 atom stereocenters. The molecule has 2 aromatic rings. The largest absolute Gasteiger partial charge is 0.340 e. The van der Waals surface area contributed by atoms with Crippen molar-refractivity contribution in [2.75, 3.05) is 19.6 Å². The van der Waals surface area contributed by atoms with E-state index in [0.717, 1.165) is 18.7 Å². The first kappa shape index (κ1) is 12.0. The zero-order valence-corrected chi connectivity index (χ0v) is 10.0. The Morgan fingerprint density at radius 2 is 2.11 bits per heavy atom. The van der Waals surface area contributed by atoms with Crippen molar-refractivity contribution in [3.05, 3.63) is 29.6 Å². The van der Waals surface area contributed by atoms with E-state index in [1.54, 1.807) is 4.90 Å². The average molecular weight is 266 g/mol. The van der Waals surface area contributed by atoms with Crippen LogP contribution >= 0.6 is 0 Å². The summed E-state index contributed by atoms with van der Waals surface area (Å²) in [5.74, 6) is -1.33. The summed E-state index contributed by atoms with van der Waals surface area (Å²) in [5.41, 5.74) is 0.785. The molecule has 1 saturated heterocycles. The SMILES string of the molecule is O=C1CNCCN1Cc1nc2cc(F)c(F)cc2[nH]1. The zero-order valence-electron chi connectivity index (χ0n) is 10.0. The van der Waals surface area contributed by atoms with Gasteiger partial charge in [0.15, 0.2) is 11.6 Å². The van der Waals surface area contributed by atoms with Crippen molar-refractivity contribution >= 4 is 16.9 Å². The normalized spacial score (nSPS) is 16.3. The number of benzene rings is 1. The van der Waals surface area contributed by atoms with E-state index in [1.807, 2.05) is 0 Å². The fraction of sp³-hybridized carbons (Fsp3) is 0.333. The van der Waals surface area contributed by atoms with E-state index < -0.39 is 11.6 Å². The van der Waals surface area contributed by atoms with Crippen LogP contribution in [0.1, 0.15) is 5.82 Å². The summed E-state index contributed by atoms with van der Waals surface area (Å²) in [6.07, 6.45) is 0. The molecular formula is C12H12F2N4O. The third kappa shape index (κ3) is 2.28. The Morgan fingerprint density at radius 1 is 1.32 bits per heavy atom. The van der Waals surface area contributed by atoms with Crippen LogP contribution in [0.2, 0.25) is 0 Å². The van der Waals surface area contributed by atoms with Crippen LogP contribution in [0.5, 0.6) is 0 Å². The third-order valence-corrected chi connectivity index (χ3v) is 3.10. The van der Waals surface area contributed by atoms with Gasteiger partial charge < -0.3 is 15.2 Å². The lowest BCUT2D eigenvalue weighted by Crippen LogP contribution is -2.47. The van der Waals surface area contributed by atoms with Gasteiger partial charge in [-0.1, -0.05) is 0 Å². The Kier molecular flexibility index (Phi) is 2.90. The minimum absolute atomic E-state index is 0.0101. The van der Waals surface area contributed by atoms with Crippen LogP contribution in [0.15, 0.2) is 12.1 Å². The summed E-state index contributed by atoms with van der Waals surface area (Å²) in [4.78, 5) is 20.3. The highest BCUT2D eigenvalue weighted by Crippen LogP contribution is 2.17. The number of aromatic nitrogens is 2. The topological polar surface area (TPSA) is 61.0 Å². The fourth-order valence-corrected chi connectivity index (χ4v) is 2.13. The van der Waals surface area contributed by atoms with Crippen molar-refractivity contribution in [3.63, 3.8) is 0 Å². The standard InChI is InChI=1S/C12H12F2N4O/c13-7-3-9-10(4-8(7)14)17-11(16-9)6-18-2-1-15-5-12(18)19/h3-4,15H,1-2,5-6H2,(H,16,17). The highest BCUT2D eigenvalue weighted by atomic mass is 19.2. The number of nitrogens with one attached hydrogen (secondary N) is 2. The molecule has 0 unspecified atom stereocenters. The molecule has 0 saturated carbocycles. The first-order valence-electron chi connectivity index (χ1n) is 5.95. The van der Waals surface area contributed by atoms with E-state index in [-0.39, 0.29) is 5.91 Å². The second-order valence-electron chi connectivity index (χ2n) is 4.46. The molecule has 1 aromatic heterocycles. The molecule has 1 aromatic carbocycles. The van der Waals surface area contributed by atoms with Gasteiger partial charge in [0.05, 0.1) is 24.1 Å². The lowest BCUT2D eigenvalue weighted by Gasteiger charge is -2.26. The number of halogens is 2. The molecule has 1 fully saturated rings. The molecule has 0 spiro atoms. The first-order chi connectivity index (χ1) is 9.13. The molecule has 3 rings (SSSR count). The maximum atomic E-state index is 13.1. The van der Waals surface area contributed by atoms with Crippen LogP contribution in [-0.4, -0.2) is 40.4 Å². The lowest BCUT2D eigenvalue weighted by atomic mass is 10.3. The van der Waals surface area contributed by atoms with Crippen LogP contribution in [0.3, 0.4) is 0 Å². The molecule has 7 heteroatoms. The minimum atomic E-state index is -0.927. The summed E-state index contributed by atoms with van der Waals surface area (Å²) in [6.45, 7) is 1.95. The number of amides is 1. The molecule has 5 nitrogen and oxygen atoms in total. The number of imidazole rings is 1. The van der Waals surface area contributed by atoms with E-state index in [0.29, 0.717) is 36.5 Å². The third-order valence-electron chi connectivity index (χ3n) is 3.10. The summed E-state index contributed by atoms with van der Waals surface area (Å²) >= 11 is 0. The van der Waals surface area contributed by atoms with Crippen molar-refractivity contribution in [2.45, 2.75) is 6.54 Å². The van der Waals surface area contributed by atoms with E-state index in [2.05, 4.69) is 15.3 Å². The van der Waals surface area contributed by atoms with Crippen LogP contribution in [0.25, 0.3) is 11.0 Å². The maximum Gasteiger partial charge on any atom is 0.236 e. The molecule has 1 aliphatic heterocycles. The van der Waals surface area contributed by atoms with Crippen molar-refractivity contribution < 1.29 is 13.6 Å². The number of rotatable bonds is 2. The van der Waals surface area contributed by atoms with Gasteiger partial charge in [0.1, 0.15) is 5.82 Å². The van der Waals surface area contributed by atoms with Crippen LogP contribution < -0.4 is 5.32 Å². The number of hydrogen-bond donors (Lipinski definition) is 2. The summed E-state index contributed by atoms with van der Waals surface area (Å²) in [7, 11) is 0. The predicted octanol–water partition coefficient (Wildman–Crippen LogP) is 0.773. The summed E-state index contributed by atoms with van der Waals surface area (Å²) in [5, 5.41) is 2.97. The Balaban J connectivity index is 1.87. The number of nitrogens with zero attached hydrogens (tertiary/aromatic N) is 2. The number of H-pyrrole nitrogens is 1. The molecular weight excluding hydrogens is 254 g/mol. The smallest absolute Gasteiger partial charge is 0.236 e. The highest BCUT2D eigenvalue weighted by Gasteiger charge is 2.19. The number of carbonyl (C=O) groups excluding carboxylic acids is 1. The highest BCUT2D eigenvalue weighted by molar-refractivity contribution is 5.79. The Morgan fingerprint density at radius 3 is 2.89 bits per heavy atom. The molecule has 1 amide bonds. The monoisotopic (exact) mass is 266 g/mol. The fourth-order valence-electron chi connectivity index (χ4n) is 2.13. The van der Waals surface area contributed by atoms with Gasteiger partial charge in [-0.3, -0.25) is 4.79 Å². The zero-order chi connectivity index (χ0) is 13.4. The van der Waals surface area contributed by atoms with E-state index in [9.17, 15) is 13.6 Å². The molecule has 2 N–H and O–H groups in total. The van der Waals surface area contributed by atoms with Crippen molar-refractivity contribution in [2.24, 2.45) is 0 Å². The Hall–Kier alpha value is -2.02. The number of fused-ring (bicyclic) bond motifs is 1. The molecule has 0 bridgehead atoms. The molecule has 100 valence electrons.